The van der Waals surface area contributed by atoms with Crippen LogP contribution >= 0.6 is 31.8 Å². The van der Waals surface area contributed by atoms with Crippen molar-refractivity contribution < 1.29 is 39.3 Å². The van der Waals surface area contributed by atoms with E-state index in [9.17, 15) is 0 Å². The lowest BCUT2D eigenvalue weighted by Gasteiger charge is -2.62. The van der Waals surface area contributed by atoms with E-state index in [1.54, 1.807) is 0 Å². The highest BCUT2D eigenvalue weighted by Crippen LogP contribution is 2.79. The fourth-order valence-corrected chi connectivity index (χ4v) is 15.3. The molecule has 0 aliphatic carbocycles. The predicted molar refractivity (Wildman–Crippen MR) is 134 cm³/mol. The minimum atomic E-state index is -1.72. The van der Waals surface area contributed by atoms with Crippen LogP contribution in [0, 0.1) is 0 Å². The maximum atomic E-state index is 6.64. The number of rotatable bonds is 18. The summed E-state index contributed by atoms with van der Waals surface area (Å²) in [5.74, 6) is 2.54. The Morgan fingerprint density at radius 3 is 1.06 bits per heavy atom. The fraction of sp³-hybridized carbons (Fsp3) is 1.00. The summed E-state index contributed by atoms with van der Waals surface area (Å²) in [4.78, 5) is 0. The summed E-state index contributed by atoms with van der Waals surface area (Å²) < 4.78 is 52.8. The molecule has 198 valence electrons. The fourth-order valence-electron chi connectivity index (χ4n) is 3.56. The third kappa shape index (κ3) is 10.3. The monoisotopic (exact) mass is 534 g/mol. The van der Waals surface area contributed by atoms with Crippen LogP contribution < -0.4 is 0 Å². The third-order valence-electron chi connectivity index (χ3n) is 5.39. The lowest BCUT2D eigenvalue weighted by Crippen LogP contribution is -2.29. The molecule has 0 aromatic heterocycles. The summed E-state index contributed by atoms with van der Waals surface area (Å²) in [6, 6.07) is 0. The number of hydrogen-bond acceptors (Lipinski definition) is 9. The highest BCUT2D eigenvalue weighted by Gasteiger charge is 2.40. The molecule has 0 saturated carbocycles. The minimum Gasteiger partial charge on any atom is -0.379 e. The van der Waals surface area contributed by atoms with E-state index < -0.39 is 31.8 Å². The van der Waals surface area contributed by atoms with Gasteiger partial charge in [0.15, 0.2) is 0 Å². The first-order valence-corrected chi connectivity index (χ1v) is 18.0. The van der Waals surface area contributed by atoms with Crippen molar-refractivity contribution in [3.8, 4) is 0 Å². The van der Waals surface area contributed by atoms with Crippen LogP contribution in [0.25, 0.3) is 0 Å². The summed E-state index contributed by atoms with van der Waals surface area (Å²) in [5.41, 5.74) is 0. The number of ether oxygens (including phenoxy) is 6. The molecule has 4 saturated heterocycles. The van der Waals surface area contributed by atoms with E-state index >= 15 is 0 Å². The second-order valence-corrected chi connectivity index (χ2v) is 17.7. The molecule has 4 aliphatic rings. The first kappa shape index (κ1) is 26.7. The van der Waals surface area contributed by atoms with Crippen molar-refractivity contribution in [3.05, 3.63) is 0 Å². The van der Waals surface area contributed by atoms with Crippen molar-refractivity contribution in [2.24, 2.45) is 0 Å². The summed E-state index contributed by atoms with van der Waals surface area (Å²) in [7, 11) is -5.15. The normalized spacial score (nSPS) is 45.4. The van der Waals surface area contributed by atoms with Crippen LogP contribution in [0.5, 0.6) is 0 Å². The van der Waals surface area contributed by atoms with Gasteiger partial charge in [0.05, 0.1) is 39.6 Å². The van der Waals surface area contributed by atoms with E-state index in [0.717, 1.165) is 56.3 Å². The average Bonchev–Trinajstić information content (AvgIpc) is 3.59. The molecule has 4 aliphatic heterocycles. The molecule has 0 radical (unpaired) electrons. The minimum absolute atomic E-state index is 0.298. The molecule has 0 aromatic rings. The molecule has 0 spiro atoms. The molecule has 0 aromatic carbocycles. The molecular formula is C21H42O9S3. The van der Waals surface area contributed by atoms with Gasteiger partial charge in [0.1, 0.15) is 18.3 Å². The molecular weight excluding hydrogens is 492 g/mol. The van der Waals surface area contributed by atoms with Gasteiger partial charge in [0.2, 0.25) is 0 Å². The van der Waals surface area contributed by atoms with Gasteiger partial charge in [-0.25, -0.2) is 0 Å². The smallest absolute Gasteiger partial charge is 0.104 e. The Kier molecular flexibility index (Phi) is 9.96. The van der Waals surface area contributed by atoms with E-state index in [2.05, 4.69) is 18.8 Å². The summed E-state index contributed by atoms with van der Waals surface area (Å²) in [5, 5.41) is 0. The molecule has 9 nitrogen and oxygen atoms in total. The largest absolute Gasteiger partial charge is 0.379 e. The van der Waals surface area contributed by atoms with E-state index in [-0.39, 0.29) is 0 Å². The molecule has 33 heavy (non-hydrogen) atoms. The second-order valence-electron chi connectivity index (χ2n) is 9.25. The number of hydrogen-bond donors (Lipinski definition) is 0. The van der Waals surface area contributed by atoms with Crippen LogP contribution in [0.4, 0.5) is 0 Å². The van der Waals surface area contributed by atoms with Crippen molar-refractivity contribution in [1.82, 2.24) is 0 Å². The zero-order valence-corrected chi connectivity index (χ0v) is 22.7. The standard InChI is InChI=1S/C21H42O9S3/c1-31(10-4-7-22-13-19-16-25-19)28-32(2,11-5-8-23-14-20-17-26-20)30-33(3,29-31)12-6-9-24-15-21-18-27-21/h19-21H,4-18H2,1-3H3. The van der Waals surface area contributed by atoms with Crippen LogP contribution in [-0.2, 0) is 39.3 Å². The van der Waals surface area contributed by atoms with Crippen molar-refractivity contribution >= 4 is 31.8 Å². The van der Waals surface area contributed by atoms with Gasteiger partial charge < -0.3 is 28.4 Å². The van der Waals surface area contributed by atoms with Gasteiger partial charge in [-0.3, -0.25) is 0 Å². The molecule has 0 N–H and O–H groups in total. The van der Waals surface area contributed by atoms with Crippen molar-refractivity contribution in [2.75, 3.05) is 95.5 Å². The maximum absolute atomic E-state index is 6.64. The van der Waals surface area contributed by atoms with Gasteiger partial charge in [-0.1, -0.05) is 0 Å². The zero-order chi connectivity index (χ0) is 23.2. The van der Waals surface area contributed by atoms with Gasteiger partial charge in [-0.2, -0.15) is 42.7 Å². The highest BCUT2D eigenvalue weighted by molar-refractivity contribution is 8.49. The van der Waals surface area contributed by atoms with E-state index in [1.165, 1.54) is 0 Å². The van der Waals surface area contributed by atoms with E-state index in [4.69, 9.17) is 39.3 Å². The predicted octanol–water partition coefficient (Wildman–Crippen LogP) is 3.26. The van der Waals surface area contributed by atoms with Gasteiger partial charge in [-0.05, 0) is 19.3 Å². The Morgan fingerprint density at radius 2 is 0.818 bits per heavy atom. The van der Waals surface area contributed by atoms with Gasteiger partial charge in [-0.15, -0.1) is 0 Å². The Balaban J connectivity index is 1.24. The van der Waals surface area contributed by atoms with Gasteiger partial charge >= 0.3 is 0 Å². The van der Waals surface area contributed by atoms with Crippen LogP contribution in [0.1, 0.15) is 19.3 Å². The van der Waals surface area contributed by atoms with Gasteiger partial charge in [0.25, 0.3) is 0 Å². The lowest BCUT2D eigenvalue weighted by atomic mass is 10.5. The van der Waals surface area contributed by atoms with Gasteiger partial charge in [0, 0.05) is 55.8 Å². The van der Waals surface area contributed by atoms with E-state index in [1.807, 2.05) is 0 Å². The number of epoxide rings is 3. The molecule has 4 fully saturated rings. The van der Waals surface area contributed by atoms with Crippen LogP contribution in [0.15, 0.2) is 0 Å². The Labute approximate surface area is 203 Å². The molecule has 4 heterocycles. The summed E-state index contributed by atoms with van der Waals surface area (Å²) in [6.45, 7) is 6.61. The SMILES string of the molecule is CS1(CCCOCC2CO2)OS(C)(CCCOCC2CO2)OS(C)(CCCOCC2CO2)O1. The Bertz CT molecular complexity index is 515. The Hall–Kier alpha value is 0.690. The summed E-state index contributed by atoms with van der Waals surface area (Å²) >= 11 is 0. The average molecular weight is 535 g/mol. The lowest BCUT2D eigenvalue weighted by molar-refractivity contribution is 0.116. The quantitative estimate of drug-likeness (QED) is 0.194. The van der Waals surface area contributed by atoms with Crippen LogP contribution in [-0.4, -0.2) is 114 Å². The highest BCUT2D eigenvalue weighted by atomic mass is 32.4. The molecule has 4 rings (SSSR count). The zero-order valence-electron chi connectivity index (χ0n) is 20.2. The topological polar surface area (TPSA) is 93.0 Å². The molecule has 0 bridgehead atoms. The van der Waals surface area contributed by atoms with Crippen molar-refractivity contribution in [3.63, 3.8) is 0 Å². The summed E-state index contributed by atoms with van der Waals surface area (Å²) in [6.07, 6.45) is 10.0. The third-order valence-corrected chi connectivity index (χ3v) is 15.4. The molecule has 3 unspecified atom stereocenters. The Morgan fingerprint density at radius 1 is 0.545 bits per heavy atom. The maximum Gasteiger partial charge on any atom is 0.104 e. The first-order valence-electron chi connectivity index (χ1n) is 11.8. The van der Waals surface area contributed by atoms with E-state index in [0.29, 0.717) is 58.0 Å². The molecule has 0 amide bonds. The first-order chi connectivity index (χ1) is 15.9. The second kappa shape index (κ2) is 12.3. The molecule has 3 atom stereocenters. The molecule has 12 heteroatoms. The van der Waals surface area contributed by atoms with Crippen LogP contribution in [0.2, 0.25) is 0 Å². The van der Waals surface area contributed by atoms with Crippen LogP contribution in [0.3, 0.4) is 0 Å². The van der Waals surface area contributed by atoms with Crippen molar-refractivity contribution in [2.45, 2.75) is 37.6 Å². The van der Waals surface area contributed by atoms with Crippen molar-refractivity contribution in [1.29, 1.82) is 0 Å².